The number of amides is 2. The van der Waals surface area contributed by atoms with E-state index in [2.05, 4.69) is 20.3 Å². The van der Waals surface area contributed by atoms with Gasteiger partial charge >= 0.3 is 6.03 Å². The average Bonchev–Trinajstić information content (AvgIpc) is 3.39. The van der Waals surface area contributed by atoms with Crippen molar-refractivity contribution in [2.45, 2.75) is 13.5 Å². The van der Waals surface area contributed by atoms with Crippen molar-refractivity contribution in [3.8, 4) is 22.5 Å². The number of H-pyrrole nitrogens is 1. The first-order valence-corrected chi connectivity index (χ1v) is 10.1. The number of thiazole rings is 1. The molecule has 2 aromatic carbocycles. The molecule has 2 amide bonds. The molecule has 0 aliphatic carbocycles. The van der Waals surface area contributed by atoms with Crippen LogP contribution < -0.4 is 5.32 Å². The number of aryl methyl sites for hydroxylation is 1. The number of aromatic amines is 1. The monoisotopic (exact) mass is 403 g/mol. The van der Waals surface area contributed by atoms with E-state index in [1.165, 1.54) is 16.9 Å². The van der Waals surface area contributed by atoms with E-state index in [1.54, 1.807) is 18.1 Å². The summed E-state index contributed by atoms with van der Waals surface area (Å²) in [5.41, 5.74) is 5.07. The van der Waals surface area contributed by atoms with Crippen molar-refractivity contribution in [2.24, 2.45) is 0 Å². The average molecular weight is 404 g/mol. The Hall–Kier alpha value is -3.45. The molecule has 146 valence electrons. The molecule has 4 aromatic rings. The number of aromatic nitrogens is 3. The molecule has 0 bridgehead atoms. The number of nitrogens with zero attached hydrogens (tertiary/aromatic N) is 3. The maximum atomic E-state index is 12.5. The van der Waals surface area contributed by atoms with Gasteiger partial charge in [0.15, 0.2) is 5.13 Å². The van der Waals surface area contributed by atoms with Crippen molar-refractivity contribution < 1.29 is 4.79 Å². The molecule has 6 nitrogen and oxygen atoms in total. The summed E-state index contributed by atoms with van der Waals surface area (Å²) in [5, 5.41) is 5.37. The SMILES string of the molecule is Cc1ccc(-c2csc(NC(=O)N(C)Cc3ncc(-c4ccccc4)[nH]3)n2)cc1. The van der Waals surface area contributed by atoms with Gasteiger partial charge in [-0.05, 0) is 12.5 Å². The van der Waals surface area contributed by atoms with Crippen molar-refractivity contribution in [2.75, 3.05) is 12.4 Å². The molecule has 7 heteroatoms. The highest BCUT2D eigenvalue weighted by Gasteiger charge is 2.14. The van der Waals surface area contributed by atoms with Crippen LogP contribution in [0.1, 0.15) is 11.4 Å². The molecule has 29 heavy (non-hydrogen) atoms. The van der Waals surface area contributed by atoms with Gasteiger partial charge in [0, 0.05) is 18.0 Å². The Bertz CT molecular complexity index is 1100. The number of urea groups is 1. The molecule has 2 aromatic heterocycles. The van der Waals surface area contributed by atoms with E-state index in [9.17, 15) is 4.79 Å². The van der Waals surface area contributed by atoms with Crippen LogP contribution in [-0.4, -0.2) is 32.9 Å². The van der Waals surface area contributed by atoms with Crippen molar-refractivity contribution in [1.29, 1.82) is 0 Å². The zero-order valence-corrected chi connectivity index (χ0v) is 17.0. The summed E-state index contributed by atoms with van der Waals surface area (Å²) in [4.78, 5) is 26.3. The van der Waals surface area contributed by atoms with Crippen molar-refractivity contribution in [3.05, 3.63) is 77.6 Å². The molecule has 0 unspecified atom stereocenters. The molecule has 0 fully saturated rings. The fraction of sp³-hybridized carbons (Fsp3) is 0.136. The smallest absolute Gasteiger partial charge is 0.323 e. The highest BCUT2D eigenvalue weighted by Crippen LogP contribution is 2.25. The molecule has 0 atom stereocenters. The largest absolute Gasteiger partial charge is 0.341 e. The van der Waals surface area contributed by atoms with E-state index in [0.717, 1.165) is 28.3 Å². The zero-order valence-electron chi connectivity index (χ0n) is 16.2. The zero-order chi connectivity index (χ0) is 20.2. The van der Waals surface area contributed by atoms with Gasteiger partial charge in [-0.1, -0.05) is 60.2 Å². The Morgan fingerprint density at radius 1 is 1.10 bits per heavy atom. The van der Waals surface area contributed by atoms with Gasteiger partial charge < -0.3 is 9.88 Å². The maximum Gasteiger partial charge on any atom is 0.323 e. The number of nitrogens with one attached hydrogen (secondary N) is 2. The predicted octanol–water partition coefficient (Wildman–Crippen LogP) is 5.17. The van der Waals surface area contributed by atoms with E-state index in [-0.39, 0.29) is 6.03 Å². The van der Waals surface area contributed by atoms with Crippen LogP contribution in [0.25, 0.3) is 22.5 Å². The van der Waals surface area contributed by atoms with Crippen molar-refractivity contribution in [3.63, 3.8) is 0 Å². The van der Waals surface area contributed by atoms with Gasteiger partial charge in [-0.3, -0.25) is 5.32 Å². The number of hydrogen-bond acceptors (Lipinski definition) is 4. The fourth-order valence-electron chi connectivity index (χ4n) is 2.88. The third-order valence-corrected chi connectivity index (χ3v) is 5.27. The number of benzene rings is 2. The van der Waals surface area contributed by atoms with Crippen LogP contribution in [0.4, 0.5) is 9.93 Å². The summed E-state index contributed by atoms with van der Waals surface area (Å²) < 4.78 is 0. The van der Waals surface area contributed by atoms with Gasteiger partial charge in [0.1, 0.15) is 5.82 Å². The summed E-state index contributed by atoms with van der Waals surface area (Å²) in [5.74, 6) is 0.723. The summed E-state index contributed by atoms with van der Waals surface area (Å²) in [6, 6.07) is 17.9. The first-order chi connectivity index (χ1) is 14.1. The molecule has 2 N–H and O–H groups in total. The second kappa shape index (κ2) is 8.28. The van der Waals surface area contributed by atoms with Crippen LogP contribution in [0.5, 0.6) is 0 Å². The Kier molecular flexibility index (Phi) is 5.39. The van der Waals surface area contributed by atoms with E-state index in [4.69, 9.17) is 0 Å². The summed E-state index contributed by atoms with van der Waals surface area (Å²) in [6.45, 7) is 2.42. The standard InChI is InChI=1S/C22H21N5OS/c1-15-8-10-17(11-9-15)19-14-29-21(25-19)26-22(28)27(2)13-20-23-12-18(24-20)16-6-4-3-5-7-16/h3-12,14H,13H2,1-2H3,(H,23,24)(H,25,26,28). The van der Waals surface area contributed by atoms with Crippen LogP contribution in [0.2, 0.25) is 0 Å². The van der Waals surface area contributed by atoms with Gasteiger partial charge in [-0.2, -0.15) is 0 Å². The first-order valence-electron chi connectivity index (χ1n) is 9.22. The lowest BCUT2D eigenvalue weighted by atomic mass is 10.1. The predicted molar refractivity (Wildman–Crippen MR) is 117 cm³/mol. The summed E-state index contributed by atoms with van der Waals surface area (Å²) >= 11 is 1.41. The minimum absolute atomic E-state index is 0.229. The minimum atomic E-state index is -0.229. The molecular weight excluding hydrogens is 382 g/mol. The Morgan fingerprint density at radius 3 is 2.62 bits per heavy atom. The van der Waals surface area contributed by atoms with Gasteiger partial charge in [-0.15, -0.1) is 11.3 Å². The van der Waals surface area contributed by atoms with Gasteiger partial charge in [-0.25, -0.2) is 14.8 Å². The quantitative estimate of drug-likeness (QED) is 0.483. The van der Waals surface area contributed by atoms with Crippen LogP contribution >= 0.6 is 11.3 Å². The third kappa shape index (κ3) is 4.52. The van der Waals surface area contributed by atoms with Crippen molar-refractivity contribution in [1.82, 2.24) is 19.9 Å². The summed E-state index contributed by atoms with van der Waals surface area (Å²) in [7, 11) is 1.73. The van der Waals surface area contributed by atoms with Crippen LogP contribution in [0.3, 0.4) is 0 Å². The Balaban J connectivity index is 1.38. The van der Waals surface area contributed by atoms with Crippen LogP contribution in [-0.2, 0) is 6.54 Å². The molecule has 0 aliphatic heterocycles. The molecule has 0 spiro atoms. The minimum Gasteiger partial charge on any atom is -0.341 e. The Labute approximate surface area is 173 Å². The number of hydrogen-bond donors (Lipinski definition) is 2. The third-order valence-electron chi connectivity index (χ3n) is 4.51. The number of anilines is 1. The number of imidazole rings is 1. The van der Waals surface area contributed by atoms with E-state index in [0.29, 0.717) is 11.7 Å². The lowest BCUT2D eigenvalue weighted by Crippen LogP contribution is -2.31. The van der Waals surface area contributed by atoms with Gasteiger partial charge in [0.2, 0.25) is 0 Å². The molecule has 0 saturated carbocycles. The van der Waals surface area contributed by atoms with Gasteiger partial charge in [0.05, 0.1) is 24.1 Å². The molecular formula is C22H21N5OS. The molecule has 0 aliphatic rings. The fourth-order valence-corrected chi connectivity index (χ4v) is 3.59. The lowest BCUT2D eigenvalue weighted by molar-refractivity contribution is 0.219. The first kappa shape index (κ1) is 18.9. The number of carbonyl (C=O) groups is 1. The normalized spacial score (nSPS) is 10.7. The van der Waals surface area contributed by atoms with E-state index < -0.39 is 0 Å². The lowest BCUT2D eigenvalue weighted by Gasteiger charge is -2.15. The summed E-state index contributed by atoms with van der Waals surface area (Å²) in [6.07, 6.45) is 1.78. The Morgan fingerprint density at radius 2 is 1.86 bits per heavy atom. The number of rotatable bonds is 5. The number of carbonyl (C=O) groups excluding carboxylic acids is 1. The van der Waals surface area contributed by atoms with Crippen LogP contribution in [0.15, 0.2) is 66.2 Å². The second-order valence-electron chi connectivity index (χ2n) is 6.80. The molecule has 0 saturated heterocycles. The second-order valence-corrected chi connectivity index (χ2v) is 7.66. The van der Waals surface area contributed by atoms with Crippen LogP contribution in [0, 0.1) is 6.92 Å². The van der Waals surface area contributed by atoms with Crippen molar-refractivity contribution >= 4 is 22.5 Å². The highest BCUT2D eigenvalue weighted by molar-refractivity contribution is 7.14. The van der Waals surface area contributed by atoms with E-state index >= 15 is 0 Å². The van der Waals surface area contributed by atoms with Gasteiger partial charge in [0.25, 0.3) is 0 Å². The molecule has 4 rings (SSSR count). The highest BCUT2D eigenvalue weighted by atomic mass is 32.1. The molecule has 0 radical (unpaired) electrons. The molecule has 2 heterocycles. The maximum absolute atomic E-state index is 12.5. The van der Waals surface area contributed by atoms with E-state index in [1.807, 2.05) is 66.9 Å². The topological polar surface area (TPSA) is 73.9 Å².